The lowest BCUT2D eigenvalue weighted by Gasteiger charge is -2.41. The minimum atomic E-state index is -0.250. The van der Waals surface area contributed by atoms with E-state index in [0.717, 1.165) is 55.1 Å². The highest BCUT2D eigenvalue weighted by Crippen LogP contribution is 2.40. The molecule has 0 unspecified atom stereocenters. The van der Waals surface area contributed by atoms with Crippen LogP contribution in [0.4, 0.5) is 0 Å². The molecular formula is C28H36N2O4. The summed E-state index contributed by atoms with van der Waals surface area (Å²) in [6, 6.07) is 18.8. The molecule has 3 aliphatic rings. The van der Waals surface area contributed by atoms with Crippen molar-refractivity contribution in [3.8, 4) is 11.1 Å². The van der Waals surface area contributed by atoms with Crippen molar-refractivity contribution in [3.05, 3.63) is 60.2 Å². The van der Waals surface area contributed by atoms with Crippen LogP contribution in [0.5, 0.6) is 0 Å². The second kappa shape index (κ2) is 11.2. The maximum Gasteiger partial charge on any atom is 0.290 e. The lowest BCUT2D eigenvalue weighted by Crippen LogP contribution is -2.48. The van der Waals surface area contributed by atoms with Crippen molar-refractivity contribution < 1.29 is 19.4 Å². The largest absolute Gasteiger partial charge is 0.483 e. The number of likely N-dealkylation sites (N-methyl/N-ethyl adjacent to an activating group) is 1. The zero-order valence-electron chi connectivity index (χ0n) is 20.2. The van der Waals surface area contributed by atoms with Crippen molar-refractivity contribution >= 4 is 12.4 Å². The summed E-state index contributed by atoms with van der Waals surface area (Å²) in [7, 11) is 4.34. The molecule has 1 amide bonds. The number of fused-ring (bicyclic) bond motifs is 1. The fourth-order valence-electron chi connectivity index (χ4n) is 5.47. The van der Waals surface area contributed by atoms with Crippen LogP contribution in [-0.4, -0.2) is 73.2 Å². The van der Waals surface area contributed by atoms with Crippen molar-refractivity contribution in [2.75, 3.05) is 33.8 Å². The third kappa shape index (κ3) is 5.86. The zero-order valence-corrected chi connectivity index (χ0v) is 20.2. The molecule has 34 heavy (non-hydrogen) atoms. The molecule has 2 aliphatic carbocycles. The number of carboxylic acid groups (broad SMARTS) is 1. The quantitative estimate of drug-likeness (QED) is 0.647. The van der Waals surface area contributed by atoms with E-state index in [1.54, 1.807) is 0 Å². The minimum absolute atomic E-state index is 0.170. The van der Waals surface area contributed by atoms with E-state index in [1.807, 2.05) is 36.4 Å². The Labute approximate surface area is 202 Å². The van der Waals surface area contributed by atoms with Crippen LogP contribution in [-0.2, 0) is 9.53 Å². The van der Waals surface area contributed by atoms with Gasteiger partial charge in [-0.05, 0) is 80.8 Å². The number of benzene rings is 2. The van der Waals surface area contributed by atoms with E-state index in [0.29, 0.717) is 24.0 Å². The first-order valence-corrected chi connectivity index (χ1v) is 12.3. The van der Waals surface area contributed by atoms with Crippen LogP contribution in [0.25, 0.3) is 11.1 Å². The maximum atomic E-state index is 13.4. The molecule has 5 rings (SSSR count). The maximum absolute atomic E-state index is 13.4. The summed E-state index contributed by atoms with van der Waals surface area (Å²) in [6.45, 7) is 2.41. The van der Waals surface area contributed by atoms with E-state index >= 15 is 0 Å². The molecular weight excluding hydrogens is 428 g/mol. The molecule has 6 nitrogen and oxygen atoms in total. The van der Waals surface area contributed by atoms with Gasteiger partial charge in [0.05, 0.1) is 6.10 Å². The Morgan fingerprint density at radius 2 is 1.68 bits per heavy atom. The summed E-state index contributed by atoms with van der Waals surface area (Å²) < 4.78 is 6.39. The Morgan fingerprint density at radius 1 is 1.03 bits per heavy atom. The van der Waals surface area contributed by atoms with E-state index in [9.17, 15) is 4.79 Å². The van der Waals surface area contributed by atoms with Crippen LogP contribution in [0.1, 0.15) is 36.0 Å². The number of ether oxygens (including phenoxy) is 1. The number of nitrogens with zero attached hydrogens (tertiary/aromatic N) is 2. The van der Waals surface area contributed by atoms with Gasteiger partial charge in [0.2, 0.25) is 0 Å². The van der Waals surface area contributed by atoms with E-state index in [2.05, 4.69) is 42.1 Å². The molecule has 2 aromatic carbocycles. The summed E-state index contributed by atoms with van der Waals surface area (Å²) >= 11 is 0. The van der Waals surface area contributed by atoms with Gasteiger partial charge in [-0.3, -0.25) is 9.59 Å². The van der Waals surface area contributed by atoms with Crippen LogP contribution in [0.2, 0.25) is 0 Å². The van der Waals surface area contributed by atoms with E-state index < -0.39 is 0 Å². The second-order valence-corrected chi connectivity index (χ2v) is 10.1. The molecule has 1 N–H and O–H groups in total. The normalized spacial score (nSPS) is 25.9. The highest BCUT2D eigenvalue weighted by Gasteiger charge is 2.45. The fourth-order valence-corrected chi connectivity index (χ4v) is 5.47. The van der Waals surface area contributed by atoms with Crippen LogP contribution in [0.15, 0.2) is 54.6 Å². The SMILES string of the molecule is CN(C)[C@@H]1C[C@@H]2CN(C(=O)c3cccc(-c4ccccc4)c3)C[C@@H]2C[C@H]1OCC1CC1.O=CO. The van der Waals surface area contributed by atoms with Crippen LogP contribution < -0.4 is 0 Å². The average molecular weight is 465 g/mol. The molecule has 182 valence electrons. The standard InChI is InChI=1S/C27H34N2O2.CH2O2/c1-28(2)25-14-23-16-29(17-24(23)15-26(25)31-18-19-11-12-19)27(30)22-10-6-9-21(13-22)20-7-4-3-5-8-20;2-1-3/h3-10,13,19,23-26H,11-12,14-18H2,1-2H3;1H,(H,2,3)/t23-,24+,25-,26-;/m1./s1. The van der Waals surface area contributed by atoms with Gasteiger partial charge < -0.3 is 19.6 Å². The summed E-state index contributed by atoms with van der Waals surface area (Å²) in [5.74, 6) is 2.10. The topological polar surface area (TPSA) is 70.1 Å². The summed E-state index contributed by atoms with van der Waals surface area (Å²) in [4.78, 5) is 26.2. The smallest absolute Gasteiger partial charge is 0.290 e. The third-order valence-corrected chi connectivity index (χ3v) is 7.49. The third-order valence-electron chi connectivity index (χ3n) is 7.49. The van der Waals surface area contributed by atoms with Crippen LogP contribution in [0.3, 0.4) is 0 Å². The highest BCUT2D eigenvalue weighted by molar-refractivity contribution is 5.95. The highest BCUT2D eigenvalue weighted by atomic mass is 16.5. The first-order valence-electron chi connectivity index (χ1n) is 12.3. The predicted octanol–water partition coefficient (Wildman–Crippen LogP) is 4.26. The Hall–Kier alpha value is -2.70. The van der Waals surface area contributed by atoms with Gasteiger partial charge in [-0.1, -0.05) is 42.5 Å². The number of likely N-dealkylation sites (tertiary alicyclic amines) is 1. The molecule has 3 fully saturated rings. The van der Waals surface area contributed by atoms with Crippen LogP contribution in [0, 0.1) is 17.8 Å². The Kier molecular flexibility index (Phi) is 8.01. The van der Waals surface area contributed by atoms with Crippen molar-refractivity contribution in [1.82, 2.24) is 9.80 Å². The number of rotatable bonds is 6. The molecule has 1 saturated heterocycles. The van der Waals surface area contributed by atoms with Crippen LogP contribution >= 0.6 is 0 Å². The molecule has 0 bridgehead atoms. The summed E-state index contributed by atoms with van der Waals surface area (Å²) in [5.41, 5.74) is 3.05. The molecule has 1 heterocycles. The summed E-state index contributed by atoms with van der Waals surface area (Å²) in [5, 5.41) is 6.89. The van der Waals surface area contributed by atoms with E-state index in [1.165, 1.54) is 12.8 Å². The van der Waals surface area contributed by atoms with Gasteiger partial charge in [0.1, 0.15) is 0 Å². The molecule has 0 spiro atoms. The predicted molar refractivity (Wildman–Crippen MR) is 133 cm³/mol. The monoisotopic (exact) mass is 464 g/mol. The minimum Gasteiger partial charge on any atom is -0.483 e. The zero-order chi connectivity index (χ0) is 24.1. The van der Waals surface area contributed by atoms with E-state index in [4.69, 9.17) is 14.6 Å². The molecule has 2 saturated carbocycles. The Morgan fingerprint density at radius 3 is 2.32 bits per heavy atom. The van der Waals surface area contributed by atoms with Gasteiger partial charge in [0.15, 0.2) is 0 Å². The lowest BCUT2D eigenvalue weighted by molar-refractivity contribution is -0.122. The number of carbonyl (C=O) groups excluding carboxylic acids is 1. The van der Waals surface area contributed by atoms with Gasteiger partial charge in [0.25, 0.3) is 12.4 Å². The number of hydrogen-bond donors (Lipinski definition) is 1. The fraction of sp³-hybridized carbons (Fsp3) is 0.500. The first kappa shape index (κ1) is 24.4. The van der Waals surface area contributed by atoms with Crippen molar-refractivity contribution in [2.45, 2.75) is 37.8 Å². The van der Waals surface area contributed by atoms with Gasteiger partial charge >= 0.3 is 0 Å². The van der Waals surface area contributed by atoms with Gasteiger partial charge in [-0.2, -0.15) is 0 Å². The Balaban J connectivity index is 0.000000868. The van der Waals surface area contributed by atoms with Gasteiger partial charge in [-0.25, -0.2) is 0 Å². The average Bonchev–Trinajstić information content (AvgIpc) is 3.59. The second-order valence-electron chi connectivity index (χ2n) is 10.1. The van der Waals surface area contributed by atoms with Crippen molar-refractivity contribution in [1.29, 1.82) is 0 Å². The number of hydrogen-bond acceptors (Lipinski definition) is 4. The van der Waals surface area contributed by atoms with E-state index in [-0.39, 0.29) is 12.4 Å². The van der Waals surface area contributed by atoms with Crippen molar-refractivity contribution in [3.63, 3.8) is 0 Å². The molecule has 1 aliphatic heterocycles. The molecule has 6 heteroatoms. The number of carbonyl (C=O) groups is 2. The van der Waals surface area contributed by atoms with Gasteiger partial charge in [0, 0.05) is 31.3 Å². The molecule has 2 aromatic rings. The molecule has 4 atom stereocenters. The van der Waals surface area contributed by atoms with Crippen molar-refractivity contribution in [2.24, 2.45) is 17.8 Å². The molecule has 0 radical (unpaired) electrons. The molecule has 0 aromatic heterocycles. The number of amides is 1. The summed E-state index contributed by atoms with van der Waals surface area (Å²) in [6.07, 6.45) is 5.16. The van der Waals surface area contributed by atoms with Gasteiger partial charge in [-0.15, -0.1) is 0 Å². The first-order chi connectivity index (χ1) is 16.5. The lowest BCUT2D eigenvalue weighted by atomic mass is 9.77. The Bertz CT molecular complexity index is 960.